The fourth-order valence-electron chi connectivity index (χ4n) is 2.50. The van der Waals surface area contributed by atoms with Crippen LogP contribution in [-0.4, -0.2) is 23.3 Å². The SMILES string of the molecule is OC1(c2cc(Cl)cc3[nH]ccc23)CCOCC1. The molecule has 17 heavy (non-hydrogen) atoms. The van der Waals surface area contributed by atoms with Gasteiger partial charge in [0.15, 0.2) is 0 Å². The molecule has 0 bridgehead atoms. The summed E-state index contributed by atoms with van der Waals surface area (Å²) in [5.74, 6) is 0. The predicted molar refractivity (Wildman–Crippen MR) is 67.3 cm³/mol. The van der Waals surface area contributed by atoms with E-state index < -0.39 is 5.60 Å². The monoisotopic (exact) mass is 251 g/mol. The Balaban J connectivity index is 2.18. The number of H-pyrrole nitrogens is 1. The Hall–Kier alpha value is -1.03. The fraction of sp³-hybridized carbons (Fsp3) is 0.385. The van der Waals surface area contributed by atoms with Gasteiger partial charge in [-0.3, -0.25) is 0 Å². The van der Waals surface area contributed by atoms with Crippen LogP contribution in [0.25, 0.3) is 10.9 Å². The quantitative estimate of drug-likeness (QED) is 0.819. The van der Waals surface area contributed by atoms with Crippen molar-refractivity contribution in [1.82, 2.24) is 4.98 Å². The molecule has 0 aliphatic carbocycles. The molecule has 1 aliphatic rings. The van der Waals surface area contributed by atoms with Crippen molar-refractivity contribution < 1.29 is 9.84 Å². The standard InChI is InChI=1S/C13H14ClNO2/c14-9-7-11(10-1-4-15-12(10)8-9)13(16)2-5-17-6-3-13/h1,4,7-8,15-16H,2-3,5-6H2. The van der Waals surface area contributed by atoms with Gasteiger partial charge in [-0.1, -0.05) is 11.6 Å². The highest BCUT2D eigenvalue weighted by Gasteiger charge is 2.33. The summed E-state index contributed by atoms with van der Waals surface area (Å²) in [5, 5.41) is 12.4. The molecule has 90 valence electrons. The highest BCUT2D eigenvalue weighted by atomic mass is 35.5. The molecule has 1 aliphatic heterocycles. The Bertz CT molecular complexity index is 543. The van der Waals surface area contributed by atoms with Crippen LogP contribution < -0.4 is 0 Å². The van der Waals surface area contributed by atoms with Crippen LogP contribution in [0.15, 0.2) is 24.4 Å². The molecule has 0 radical (unpaired) electrons. The maximum atomic E-state index is 10.7. The van der Waals surface area contributed by atoms with Crippen LogP contribution in [0.2, 0.25) is 5.02 Å². The van der Waals surface area contributed by atoms with E-state index >= 15 is 0 Å². The van der Waals surface area contributed by atoms with Gasteiger partial charge in [0, 0.05) is 48.2 Å². The second-order valence-electron chi connectivity index (χ2n) is 4.54. The lowest BCUT2D eigenvalue weighted by molar-refractivity contribution is -0.0669. The van der Waals surface area contributed by atoms with Crippen molar-refractivity contribution in [3.63, 3.8) is 0 Å². The van der Waals surface area contributed by atoms with Gasteiger partial charge in [0.2, 0.25) is 0 Å². The van der Waals surface area contributed by atoms with Gasteiger partial charge < -0.3 is 14.8 Å². The lowest BCUT2D eigenvalue weighted by Gasteiger charge is -2.33. The molecule has 3 rings (SSSR count). The van der Waals surface area contributed by atoms with Crippen molar-refractivity contribution in [2.75, 3.05) is 13.2 Å². The summed E-state index contributed by atoms with van der Waals surface area (Å²) in [6.07, 6.45) is 3.11. The summed E-state index contributed by atoms with van der Waals surface area (Å²) in [6, 6.07) is 5.72. The highest BCUT2D eigenvalue weighted by molar-refractivity contribution is 6.31. The first-order chi connectivity index (χ1) is 8.19. The number of benzene rings is 1. The summed E-state index contributed by atoms with van der Waals surface area (Å²) in [5.41, 5.74) is 1.06. The molecule has 0 spiro atoms. The normalized spacial score (nSPS) is 19.6. The number of aromatic amines is 1. The van der Waals surface area contributed by atoms with E-state index in [1.807, 2.05) is 24.4 Å². The van der Waals surface area contributed by atoms with Crippen molar-refractivity contribution in [2.24, 2.45) is 0 Å². The van der Waals surface area contributed by atoms with Gasteiger partial charge in [-0.05, 0) is 23.8 Å². The molecule has 0 unspecified atom stereocenters. The first kappa shape index (κ1) is 11.1. The van der Waals surface area contributed by atoms with Crippen molar-refractivity contribution in [1.29, 1.82) is 0 Å². The van der Waals surface area contributed by atoms with Gasteiger partial charge in [-0.25, -0.2) is 0 Å². The van der Waals surface area contributed by atoms with Gasteiger partial charge in [0.25, 0.3) is 0 Å². The van der Waals surface area contributed by atoms with E-state index in [0.717, 1.165) is 16.5 Å². The van der Waals surface area contributed by atoms with Gasteiger partial charge >= 0.3 is 0 Å². The Morgan fingerprint density at radius 2 is 2.06 bits per heavy atom. The number of hydrogen-bond donors (Lipinski definition) is 2. The van der Waals surface area contributed by atoms with Crippen molar-refractivity contribution in [3.8, 4) is 0 Å². The molecule has 1 saturated heterocycles. The smallest absolute Gasteiger partial charge is 0.0947 e. The number of halogens is 1. The molecule has 1 aromatic heterocycles. The van der Waals surface area contributed by atoms with E-state index in [9.17, 15) is 5.11 Å². The fourth-order valence-corrected chi connectivity index (χ4v) is 2.71. The number of rotatable bonds is 1. The molecular formula is C13H14ClNO2. The highest BCUT2D eigenvalue weighted by Crippen LogP contribution is 2.37. The zero-order valence-electron chi connectivity index (χ0n) is 9.37. The van der Waals surface area contributed by atoms with Crippen LogP contribution >= 0.6 is 11.6 Å². The van der Waals surface area contributed by atoms with Crippen LogP contribution in [0.4, 0.5) is 0 Å². The van der Waals surface area contributed by atoms with Crippen LogP contribution in [0.3, 0.4) is 0 Å². The Kier molecular flexibility index (Phi) is 2.62. The topological polar surface area (TPSA) is 45.2 Å². The lowest BCUT2D eigenvalue weighted by Crippen LogP contribution is -2.33. The van der Waals surface area contributed by atoms with Crippen molar-refractivity contribution in [2.45, 2.75) is 18.4 Å². The number of aromatic nitrogens is 1. The second-order valence-corrected chi connectivity index (χ2v) is 4.97. The largest absolute Gasteiger partial charge is 0.385 e. The average molecular weight is 252 g/mol. The zero-order chi connectivity index (χ0) is 11.9. The Morgan fingerprint density at radius 3 is 2.82 bits per heavy atom. The molecule has 2 N–H and O–H groups in total. The van der Waals surface area contributed by atoms with E-state index in [-0.39, 0.29) is 0 Å². The second kappa shape index (κ2) is 4.02. The number of fused-ring (bicyclic) bond motifs is 1. The van der Waals surface area contributed by atoms with E-state index in [2.05, 4.69) is 4.98 Å². The van der Waals surface area contributed by atoms with Crippen molar-refractivity contribution in [3.05, 3.63) is 35.0 Å². The summed E-state index contributed by atoms with van der Waals surface area (Å²) in [7, 11) is 0. The minimum atomic E-state index is -0.816. The van der Waals surface area contributed by atoms with E-state index in [4.69, 9.17) is 16.3 Å². The van der Waals surface area contributed by atoms with Crippen LogP contribution in [0.5, 0.6) is 0 Å². The van der Waals surface area contributed by atoms with Gasteiger partial charge in [0.1, 0.15) is 0 Å². The molecule has 0 amide bonds. The molecule has 1 fully saturated rings. The minimum Gasteiger partial charge on any atom is -0.385 e. The third-order valence-corrected chi connectivity index (χ3v) is 3.67. The number of ether oxygens (including phenoxy) is 1. The third-order valence-electron chi connectivity index (χ3n) is 3.45. The Labute approximate surface area is 104 Å². The predicted octanol–water partition coefficient (Wildman–Crippen LogP) is 2.82. The Morgan fingerprint density at radius 1 is 1.29 bits per heavy atom. The summed E-state index contributed by atoms with van der Waals surface area (Å²) in [4.78, 5) is 3.13. The first-order valence-corrected chi connectivity index (χ1v) is 6.14. The molecule has 3 nitrogen and oxygen atoms in total. The summed E-state index contributed by atoms with van der Waals surface area (Å²) in [6.45, 7) is 1.18. The number of nitrogens with one attached hydrogen (secondary N) is 1. The molecule has 2 aromatic rings. The molecule has 1 aromatic carbocycles. The number of aliphatic hydroxyl groups is 1. The van der Waals surface area contributed by atoms with Crippen molar-refractivity contribution >= 4 is 22.5 Å². The molecular weight excluding hydrogens is 238 g/mol. The van der Waals surface area contributed by atoms with Crippen LogP contribution in [0, 0.1) is 0 Å². The average Bonchev–Trinajstić information content (AvgIpc) is 2.76. The van der Waals surface area contributed by atoms with E-state index in [1.54, 1.807) is 0 Å². The molecule has 0 atom stereocenters. The third kappa shape index (κ3) is 1.84. The summed E-state index contributed by atoms with van der Waals surface area (Å²) >= 11 is 6.10. The summed E-state index contributed by atoms with van der Waals surface area (Å²) < 4.78 is 5.31. The number of hydrogen-bond acceptors (Lipinski definition) is 2. The molecule has 2 heterocycles. The minimum absolute atomic E-state index is 0.592. The van der Waals surface area contributed by atoms with E-state index in [0.29, 0.717) is 31.1 Å². The molecule has 0 saturated carbocycles. The first-order valence-electron chi connectivity index (χ1n) is 5.76. The maximum Gasteiger partial charge on any atom is 0.0947 e. The zero-order valence-corrected chi connectivity index (χ0v) is 10.1. The van der Waals surface area contributed by atoms with Gasteiger partial charge in [0.05, 0.1) is 5.60 Å². The van der Waals surface area contributed by atoms with Gasteiger partial charge in [-0.15, -0.1) is 0 Å². The van der Waals surface area contributed by atoms with E-state index in [1.165, 1.54) is 0 Å². The van der Waals surface area contributed by atoms with Crippen LogP contribution in [0.1, 0.15) is 18.4 Å². The lowest BCUT2D eigenvalue weighted by atomic mass is 9.84. The van der Waals surface area contributed by atoms with Crippen LogP contribution in [-0.2, 0) is 10.3 Å². The van der Waals surface area contributed by atoms with Gasteiger partial charge in [-0.2, -0.15) is 0 Å². The molecule has 4 heteroatoms. The maximum absolute atomic E-state index is 10.7.